The Hall–Kier alpha value is -3.28. The molecule has 27 heavy (non-hydrogen) atoms. The molecular weight excluding hydrogens is 342 g/mol. The molecule has 6 nitrogen and oxygen atoms in total. The number of nitrogens with one attached hydrogen (secondary N) is 2. The standard InChI is InChI=1S/C21H23N3O3/c1-14(2)27-20-10-6-3-7-15(20)11-12-22-21(26)18-13-17(23-24-18)16-8-4-5-9-19(16)25/h3-10,13-14,25H,11-12H2,1-2H3,(H,22,26)(H,23,24). The van der Waals surface area contributed by atoms with Crippen molar-refractivity contribution in [2.75, 3.05) is 6.54 Å². The lowest BCUT2D eigenvalue weighted by atomic mass is 10.1. The van der Waals surface area contributed by atoms with Crippen LogP contribution < -0.4 is 10.1 Å². The second-order valence-corrected chi connectivity index (χ2v) is 6.46. The zero-order chi connectivity index (χ0) is 19.2. The van der Waals surface area contributed by atoms with Gasteiger partial charge in [-0.15, -0.1) is 0 Å². The fourth-order valence-corrected chi connectivity index (χ4v) is 2.75. The van der Waals surface area contributed by atoms with E-state index < -0.39 is 0 Å². The van der Waals surface area contributed by atoms with Gasteiger partial charge in [-0.3, -0.25) is 9.89 Å². The molecule has 0 aliphatic rings. The molecule has 0 unspecified atom stereocenters. The molecule has 0 fully saturated rings. The van der Waals surface area contributed by atoms with Crippen LogP contribution in [0, 0.1) is 0 Å². The molecule has 0 saturated carbocycles. The van der Waals surface area contributed by atoms with Crippen molar-refractivity contribution in [3.8, 4) is 22.8 Å². The Morgan fingerprint density at radius 3 is 2.70 bits per heavy atom. The first-order valence-corrected chi connectivity index (χ1v) is 8.91. The van der Waals surface area contributed by atoms with Crippen molar-refractivity contribution in [3.63, 3.8) is 0 Å². The number of aromatic nitrogens is 2. The monoisotopic (exact) mass is 365 g/mol. The Morgan fingerprint density at radius 1 is 1.19 bits per heavy atom. The van der Waals surface area contributed by atoms with E-state index in [1.807, 2.05) is 38.1 Å². The van der Waals surface area contributed by atoms with Crippen molar-refractivity contribution in [1.29, 1.82) is 0 Å². The van der Waals surface area contributed by atoms with E-state index in [0.717, 1.165) is 11.3 Å². The smallest absolute Gasteiger partial charge is 0.269 e. The molecule has 0 spiro atoms. The molecule has 0 aliphatic heterocycles. The molecule has 0 atom stereocenters. The van der Waals surface area contributed by atoms with Gasteiger partial charge in [0.2, 0.25) is 0 Å². The van der Waals surface area contributed by atoms with Crippen LogP contribution in [0.25, 0.3) is 11.3 Å². The molecule has 1 heterocycles. The molecule has 0 bridgehead atoms. The van der Waals surface area contributed by atoms with Gasteiger partial charge in [-0.05, 0) is 50.1 Å². The minimum absolute atomic E-state index is 0.0959. The van der Waals surface area contributed by atoms with E-state index in [1.54, 1.807) is 30.3 Å². The quantitative estimate of drug-likeness (QED) is 0.598. The Kier molecular flexibility index (Phi) is 5.76. The summed E-state index contributed by atoms with van der Waals surface area (Å²) in [5.74, 6) is 0.717. The number of hydrogen-bond donors (Lipinski definition) is 3. The number of hydrogen-bond acceptors (Lipinski definition) is 4. The van der Waals surface area contributed by atoms with Crippen LogP contribution in [0.15, 0.2) is 54.6 Å². The lowest BCUT2D eigenvalue weighted by Crippen LogP contribution is -2.26. The molecular formula is C21H23N3O3. The van der Waals surface area contributed by atoms with Gasteiger partial charge < -0.3 is 15.2 Å². The third kappa shape index (κ3) is 4.67. The summed E-state index contributed by atoms with van der Waals surface area (Å²) in [4.78, 5) is 12.4. The molecule has 3 aromatic rings. The third-order valence-corrected chi connectivity index (χ3v) is 4.02. The van der Waals surface area contributed by atoms with Gasteiger partial charge in [0, 0.05) is 12.1 Å². The van der Waals surface area contributed by atoms with Crippen LogP contribution in [-0.2, 0) is 6.42 Å². The highest BCUT2D eigenvalue weighted by molar-refractivity contribution is 5.93. The number of phenols is 1. The van der Waals surface area contributed by atoms with Crippen molar-refractivity contribution < 1.29 is 14.6 Å². The summed E-state index contributed by atoms with van der Waals surface area (Å²) in [5, 5.41) is 19.6. The number of aromatic amines is 1. The maximum absolute atomic E-state index is 12.4. The average molecular weight is 365 g/mol. The summed E-state index contributed by atoms with van der Waals surface area (Å²) in [6.45, 7) is 4.44. The molecule has 1 amide bonds. The topological polar surface area (TPSA) is 87.2 Å². The molecule has 0 radical (unpaired) electrons. The van der Waals surface area contributed by atoms with Gasteiger partial charge in [0.15, 0.2) is 0 Å². The van der Waals surface area contributed by atoms with Gasteiger partial charge in [-0.1, -0.05) is 30.3 Å². The first kappa shape index (κ1) is 18.5. The number of carbonyl (C=O) groups excluding carboxylic acids is 1. The zero-order valence-electron chi connectivity index (χ0n) is 15.4. The van der Waals surface area contributed by atoms with E-state index in [2.05, 4.69) is 15.5 Å². The second kappa shape index (κ2) is 8.40. The van der Waals surface area contributed by atoms with Crippen LogP contribution >= 0.6 is 0 Å². The predicted molar refractivity (Wildman–Crippen MR) is 104 cm³/mol. The van der Waals surface area contributed by atoms with E-state index >= 15 is 0 Å². The minimum Gasteiger partial charge on any atom is -0.507 e. The van der Waals surface area contributed by atoms with E-state index in [1.165, 1.54) is 0 Å². The number of carbonyl (C=O) groups is 1. The lowest BCUT2D eigenvalue weighted by molar-refractivity contribution is 0.0949. The fourth-order valence-electron chi connectivity index (χ4n) is 2.75. The number of benzene rings is 2. The van der Waals surface area contributed by atoms with Crippen molar-refractivity contribution in [1.82, 2.24) is 15.5 Å². The zero-order valence-corrected chi connectivity index (χ0v) is 15.4. The molecule has 3 rings (SSSR count). The Bertz CT molecular complexity index is 918. The molecule has 0 aliphatic carbocycles. The van der Waals surface area contributed by atoms with Crippen molar-refractivity contribution >= 4 is 5.91 Å². The number of phenolic OH excluding ortho intramolecular Hbond substituents is 1. The lowest BCUT2D eigenvalue weighted by Gasteiger charge is -2.14. The van der Waals surface area contributed by atoms with E-state index in [-0.39, 0.29) is 17.8 Å². The van der Waals surface area contributed by atoms with Gasteiger partial charge >= 0.3 is 0 Å². The van der Waals surface area contributed by atoms with Crippen LogP contribution in [0.2, 0.25) is 0 Å². The molecule has 3 N–H and O–H groups in total. The van der Waals surface area contributed by atoms with Crippen LogP contribution in [0.4, 0.5) is 0 Å². The van der Waals surface area contributed by atoms with Crippen molar-refractivity contribution in [2.24, 2.45) is 0 Å². The normalized spacial score (nSPS) is 10.8. The number of aromatic hydroxyl groups is 1. The molecule has 1 aromatic heterocycles. The second-order valence-electron chi connectivity index (χ2n) is 6.46. The van der Waals surface area contributed by atoms with Crippen LogP contribution in [0.3, 0.4) is 0 Å². The number of ether oxygens (including phenoxy) is 1. The average Bonchev–Trinajstić information content (AvgIpc) is 3.13. The van der Waals surface area contributed by atoms with E-state index in [4.69, 9.17) is 4.74 Å². The summed E-state index contributed by atoms with van der Waals surface area (Å²) >= 11 is 0. The van der Waals surface area contributed by atoms with Gasteiger partial charge in [0.05, 0.1) is 11.8 Å². The highest BCUT2D eigenvalue weighted by Crippen LogP contribution is 2.27. The van der Waals surface area contributed by atoms with Crippen molar-refractivity contribution in [3.05, 3.63) is 65.9 Å². The number of rotatable bonds is 7. The number of para-hydroxylation sites is 2. The Labute approximate surface area is 158 Å². The van der Waals surface area contributed by atoms with Crippen molar-refractivity contribution in [2.45, 2.75) is 26.4 Å². The SMILES string of the molecule is CC(C)Oc1ccccc1CCNC(=O)c1cc(-c2ccccc2O)n[nH]1. The summed E-state index contributed by atoms with van der Waals surface area (Å²) < 4.78 is 5.80. The number of amides is 1. The predicted octanol–water partition coefficient (Wildman–Crippen LogP) is 3.54. The maximum Gasteiger partial charge on any atom is 0.269 e. The summed E-state index contributed by atoms with van der Waals surface area (Å²) in [6.07, 6.45) is 0.758. The Morgan fingerprint density at radius 2 is 1.93 bits per heavy atom. The fraction of sp³-hybridized carbons (Fsp3) is 0.238. The van der Waals surface area contributed by atoms with Gasteiger partial charge in [-0.2, -0.15) is 5.10 Å². The molecule has 140 valence electrons. The first-order chi connectivity index (χ1) is 13.0. The highest BCUT2D eigenvalue weighted by atomic mass is 16.5. The van der Waals surface area contributed by atoms with Gasteiger partial charge in [0.1, 0.15) is 17.2 Å². The highest BCUT2D eigenvalue weighted by Gasteiger charge is 2.13. The number of nitrogens with zero attached hydrogens (tertiary/aromatic N) is 1. The Balaban J connectivity index is 1.60. The largest absolute Gasteiger partial charge is 0.507 e. The summed E-state index contributed by atoms with van der Waals surface area (Å²) in [5.41, 5.74) is 2.49. The van der Waals surface area contributed by atoms with E-state index in [0.29, 0.717) is 29.9 Å². The van der Waals surface area contributed by atoms with E-state index in [9.17, 15) is 9.90 Å². The number of H-pyrrole nitrogens is 1. The van der Waals surface area contributed by atoms with Crippen LogP contribution in [0.5, 0.6) is 11.5 Å². The maximum atomic E-state index is 12.4. The molecule has 0 saturated heterocycles. The molecule has 6 heteroatoms. The van der Waals surface area contributed by atoms with Gasteiger partial charge in [0.25, 0.3) is 5.91 Å². The minimum atomic E-state index is -0.244. The van der Waals surface area contributed by atoms with Crippen LogP contribution in [0.1, 0.15) is 29.9 Å². The van der Waals surface area contributed by atoms with Gasteiger partial charge in [-0.25, -0.2) is 0 Å². The van der Waals surface area contributed by atoms with Crippen LogP contribution in [-0.4, -0.2) is 33.9 Å². The first-order valence-electron chi connectivity index (χ1n) is 8.91. The molecule has 2 aromatic carbocycles. The third-order valence-electron chi connectivity index (χ3n) is 4.02. The summed E-state index contributed by atoms with van der Waals surface area (Å²) in [6, 6.07) is 16.3. The summed E-state index contributed by atoms with van der Waals surface area (Å²) in [7, 11) is 0.